The SMILES string of the molecule is CC(=O)OCC(=O)C1(O)CCC2C3CCC4CC(OC(C)=O)CCC4(C)C3CC(=O)C21C. The predicted molar refractivity (Wildman–Crippen MR) is 114 cm³/mol. The zero-order valence-corrected chi connectivity index (χ0v) is 19.6. The summed E-state index contributed by atoms with van der Waals surface area (Å²) in [6, 6.07) is 0. The van der Waals surface area contributed by atoms with E-state index in [-0.39, 0.29) is 47.4 Å². The maximum atomic E-state index is 13.6. The van der Waals surface area contributed by atoms with Gasteiger partial charge in [-0.1, -0.05) is 6.92 Å². The molecule has 7 nitrogen and oxygen atoms in total. The molecule has 0 radical (unpaired) electrons. The maximum Gasteiger partial charge on any atom is 0.303 e. The minimum atomic E-state index is -1.78. The summed E-state index contributed by atoms with van der Waals surface area (Å²) in [5.74, 6) is -0.563. The van der Waals surface area contributed by atoms with Crippen molar-refractivity contribution >= 4 is 23.5 Å². The second-order valence-corrected chi connectivity index (χ2v) is 11.1. The van der Waals surface area contributed by atoms with Crippen LogP contribution in [0, 0.1) is 34.5 Å². The van der Waals surface area contributed by atoms with Gasteiger partial charge in [-0.3, -0.25) is 19.2 Å². The molecule has 178 valence electrons. The van der Waals surface area contributed by atoms with Gasteiger partial charge in [-0.2, -0.15) is 0 Å². The molecule has 4 fully saturated rings. The molecule has 4 saturated carbocycles. The van der Waals surface area contributed by atoms with E-state index in [1.54, 1.807) is 6.92 Å². The highest BCUT2D eigenvalue weighted by Crippen LogP contribution is 2.67. The molecule has 1 N–H and O–H groups in total. The van der Waals surface area contributed by atoms with Crippen LogP contribution in [-0.2, 0) is 28.7 Å². The Morgan fingerprint density at radius 1 is 1.00 bits per heavy atom. The number of ether oxygens (including phenoxy) is 2. The van der Waals surface area contributed by atoms with Gasteiger partial charge >= 0.3 is 11.9 Å². The highest BCUT2D eigenvalue weighted by Gasteiger charge is 2.70. The smallest absolute Gasteiger partial charge is 0.303 e. The lowest BCUT2D eigenvalue weighted by Gasteiger charge is -2.60. The van der Waals surface area contributed by atoms with Crippen molar-refractivity contribution in [3.05, 3.63) is 0 Å². The van der Waals surface area contributed by atoms with E-state index in [0.29, 0.717) is 18.8 Å². The molecule has 0 aromatic carbocycles. The zero-order valence-electron chi connectivity index (χ0n) is 19.6. The van der Waals surface area contributed by atoms with E-state index in [9.17, 15) is 24.3 Å². The van der Waals surface area contributed by atoms with E-state index in [0.717, 1.165) is 32.1 Å². The van der Waals surface area contributed by atoms with E-state index >= 15 is 0 Å². The lowest BCUT2D eigenvalue weighted by molar-refractivity contribution is -0.184. The van der Waals surface area contributed by atoms with Crippen molar-refractivity contribution in [1.82, 2.24) is 0 Å². The Kier molecular flexibility index (Phi) is 5.80. The first-order chi connectivity index (χ1) is 14.9. The van der Waals surface area contributed by atoms with Crippen LogP contribution in [0.4, 0.5) is 0 Å². The van der Waals surface area contributed by atoms with Gasteiger partial charge in [0.25, 0.3) is 0 Å². The maximum absolute atomic E-state index is 13.6. The van der Waals surface area contributed by atoms with E-state index < -0.39 is 29.4 Å². The molecule has 4 aliphatic carbocycles. The van der Waals surface area contributed by atoms with Crippen LogP contribution in [0.1, 0.15) is 79.1 Å². The number of carbonyl (C=O) groups excluding carboxylic acids is 4. The molecule has 7 heteroatoms. The van der Waals surface area contributed by atoms with Gasteiger partial charge in [0.15, 0.2) is 6.61 Å². The molecule has 0 bridgehead atoms. The Hall–Kier alpha value is -1.76. The molecule has 0 heterocycles. The molecular weight excluding hydrogens is 412 g/mol. The van der Waals surface area contributed by atoms with Gasteiger partial charge in [0, 0.05) is 20.3 Å². The third kappa shape index (κ3) is 3.34. The van der Waals surface area contributed by atoms with Crippen LogP contribution in [0.2, 0.25) is 0 Å². The lowest BCUT2D eigenvalue weighted by Crippen LogP contribution is -2.63. The largest absolute Gasteiger partial charge is 0.463 e. The Balaban J connectivity index is 1.57. The zero-order chi connectivity index (χ0) is 23.5. The molecule has 0 aliphatic heterocycles. The summed E-state index contributed by atoms with van der Waals surface area (Å²) >= 11 is 0. The van der Waals surface area contributed by atoms with Gasteiger partial charge in [0.05, 0.1) is 5.41 Å². The number of hydrogen-bond acceptors (Lipinski definition) is 7. The minimum Gasteiger partial charge on any atom is -0.463 e. The average Bonchev–Trinajstić information content (AvgIpc) is 3.00. The van der Waals surface area contributed by atoms with Gasteiger partial charge in [0.2, 0.25) is 5.78 Å². The fourth-order valence-corrected chi connectivity index (χ4v) is 8.03. The van der Waals surface area contributed by atoms with Crippen molar-refractivity contribution in [2.24, 2.45) is 34.5 Å². The third-order valence-corrected chi connectivity index (χ3v) is 9.82. The molecule has 4 aliphatic rings. The first-order valence-electron chi connectivity index (χ1n) is 12.0. The van der Waals surface area contributed by atoms with Crippen molar-refractivity contribution in [2.45, 2.75) is 90.8 Å². The number of Topliss-reactive ketones (excluding diaryl/α,β-unsaturated/α-hetero) is 2. The second kappa shape index (κ2) is 7.93. The van der Waals surface area contributed by atoms with Gasteiger partial charge < -0.3 is 14.6 Å². The third-order valence-electron chi connectivity index (χ3n) is 9.82. The van der Waals surface area contributed by atoms with Crippen molar-refractivity contribution in [3.8, 4) is 0 Å². The Labute approximate surface area is 189 Å². The van der Waals surface area contributed by atoms with Crippen LogP contribution in [0.3, 0.4) is 0 Å². The summed E-state index contributed by atoms with van der Waals surface area (Å²) < 4.78 is 10.4. The lowest BCUT2D eigenvalue weighted by atomic mass is 9.44. The molecular formula is C25H36O7. The topological polar surface area (TPSA) is 107 Å². The van der Waals surface area contributed by atoms with Crippen molar-refractivity contribution in [1.29, 1.82) is 0 Å². The van der Waals surface area contributed by atoms with E-state index in [1.165, 1.54) is 13.8 Å². The molecule has 0 aromatic rings. The Morgan fingerprint density at radius 2 is 1.72 bits per heavy atom. The minimum absolute atomic E-state index is 0.000981. The standard InChI is InChI=1S/C25H36O7/c1-14(26)31-13-22(29)25(30)10-8-19-18-6-5-16-11-17(32-15(2)27)7-9-23(16,3)20(18)12-21(28)24(19,25)4/h16-20,30H,5-13H2,1-4H3. The van der Waals surface area contributed by atoms with Crippen LogP contribution in [0.15, 0.2) is 0 Å². The van der Waals surface area contributed by atoms with Crippen molar-refractivity contribution in [2.75, 3.05) is 6.61 Å². The van der Waals surface area contributed by atoms with Crippen LogP contribution in [0.5, 0.6) is 0 Å². The first kappa shape index (κ1) is 23.4. The Bertz CT molecular complexity index is 836. The number of esters is 2. The van der Waals surface area contributed by atoms with Crippen molar-refractivity contribution in [3.63, 3.8) is 0 Å². The Morgan fingerprint density at radius 3 is 2.38 bits per heavy atom. The van der Waals surface area contributed by atoms with E-state index in [1.807, 2.05) is 0 Å². The van der Waals surface area contributed by atoms with E-state index in [2.05, 4.69) is 6.92 Å². The fourth-order valence-electron chi connectivity index (χ4n) is 8.03. The highest BCUT2D eigenvalue weighted by molar-refractivity contribution is 5.99. The second-order valence-electron chi connectivity index (χ2n) is 11.1. The molecule has 0 saturated heterocycles. The normalized spacial score (nSPS) is 45.3. The molecule has 0 amide bonds. The van der Waals surface area contributed by atoms with Crippen LogP contribution >= 0.6 is 0 Å². The predicted octanol–water partition coefficient (Wildman–Crippen LogP) is 3.00. The summed E-state index contributed by atoms with van der Waals surface area (Å²) in [5, 5.41) is 11.5. The van der Waals surface area contributed by atoms with Crippen molar-refractivity contribution < 1.29 is 33.8 Å². The van der Waals surface area contributed by atoms with Gasteiger partial charge in [-0.15, -0.1) is 0 Å². The molecule has 0 aromatic heterocycles. The van der Waals surface area contributed by atoms with Crippen LogP contribution < -0.4 is 0 Å². The molecule has 0 spiro atoms. The summed E-state index contributed by atoms with van der Waals surface area (Å²) in [6.45, 7) is 6.24. The number of ketones is 2. The highest BCUT2D eigenvalue weighted by atomic mass is 16.5. The monoisotopic (exact) mass is 448 g/mol. The summed E-state index contributed by atoms with van der Waals surface area (Å²) in [7, 11) is 0. The summed E-state index contributed by atoms with van der Waals surface area (Å²) in [6.07, 6.45) is 5.74. The average molecular weight is 449 g/mol. The van der Waals surface area contributed by atoms with Gasteiger partial charge in [0.1, 0.15) is 17.5 Å². The summed E-state index contributed by atoms with van der Waals surface area (Å²) in [5.41, 5.74) is -2.91. The number of hydrogen-bond donors (Lipinski definition) is 1. The van der Waals surface area contributed by atoms with Gasteiger partial charge in [-0.05, 0) is 81.0 Å². The molecule has 4 rings (SSSR count). The fraction of sp³-hybridized carbons (Fsp3) is 0.840. The summed E-state index contributed by atoms with van der Waals surface area (Å²) in [4.78, 5) is 49.2. The number of rotatable bonds is 4. The first-order valence-corrected chi connectivity index (χ1v) is 12.0. The number of aliphatic hydroxyl groups is 1. The number of fused-ring (bicyclic) bond motifs is 5. The molecule has 32 heavy (non-hydrogen) atoms. The van der Waals surface area contributed by atoms with E-state index in [4.69, 9.17) is 9.47 Å². The van der Waals surface area contributed by atoms with Crippen LogP contribution in [-0.4, -0.2) is 46.9 Å². The molecule has 8 unspecified atom stereocenters. The quantitative estimate of drug-likeness (QED) is 0.659. The van der Waals surface area contributed by atoms with Crippen LogP contribution in [0.25, 0.3) is 0 Å². The van der Waals surface area contributed by atoms with Gasteiger partial charge in [-0.25, -0.2) is 0 Å². The number of carbonyl (C=O) groups is 4. The molecule has 8 atom stereocenters.